The van der Waals surface area contributed by atoms with E-state index in [2.05, 4.69) is 19.2 Å². The molecule has 2 heteroatoms. The molecule has 2 nitrogen and oxygen atoms in total. The highest BCUT2D eigenvalue weighted by molar-refractivity contribution is 4.97. The molecule has 0 aromatic rings. The number of ether oxygens (including phenoxy) is 1. The van der Waals surface area contributed by atoms with E-state index < -0.39 is 0 Å². The maximum atomic E-state index is 5.67. The summed E-state index contributed by atoms with van der Waals surface area (Å²) in [4.78, 5) is 0. The van der Waals surface area contributed by atoms with Gasteiger partial charge in [0.05, 0.1) is 6.61 Å². The van der Waals surface area contributed by atoms with Gasteiger partial charge in [-0.15, -0.1) is 0 Å². The van der Waals surface area contributed by atoms with Crippen molar-refractivity contribution < 1.29 is 4.74 Å². The Bertz CT molecular complexity index is 174. The molecule has 0 saturated carbocycles. The van der Waals surface area contributed by atoms with Crippen molar-refractivity contribution in [3.63, 3.8) is 0 Å². The molecule has 2 heterocycles. The smallest absolute Gasteiger partial charge is 0.0528 e. The lowest BCUT2D eigenvalue weighted by atomic mass is 9.59. The standard InChI is InChI=1S/C11H21NO/c1-10(2)5-8-13-9-11(10)3-6-12-7-4-11/h12H,3-9H2,1-2H3. The summed E-state index contributed by atoms with van der Waals surface area (Å²) in [5.74, 6) is 0. The lowest BCUT2D eigenvalue weighted by molar-refractivity contribution is -0.111. The molecule has 1 N–H and O–H groups in total. The molecule has 1 spiro atoms. The minimum absolute atomic E-state index is 0.469. The lowest BCUT2D eigenvalue weighted by Gasteiger charge is -2.52. The summed E-state index contributed by atoms with van der Waals surface area (Å²) in [5.41, 5.74) is 0.948. The average molecular weight is 183 g/mol. The third-order valence-electron chi connectivity index (χ3n) is 4.25. The number of hydrogen-bond acceptors (Lipinski definition) is 2. The van der Waals surface area contributed by atoms with Gasteiger partial charge in [-0.2, -0.15) is 0 Å². The first-order valence-electron chi connectivity index (χ1n) is 5.45. The molecule has 2 fully saturated rings. The zero-order valence-corrected chi connectivity index (χ0v) is 8.86. The van der Waals surface area contributed by atoms with E-state index in [0.717, 1.165) is 13.2 Å². The Hall–Kier alpha value is -0.0800. The van der Waals surface area contributed by atoms with E-state index in [1.54, 1.807) is 0 Å². The summed E-state index contributed by atoms with van der Waals surface area (Å²) in [7, 11) is 0. The van der Waals surface area contributed by atoms with Gasteiger partial charge < -0.3 is 10.1 Å². The van der Waals surface area contributed by atoms with E-state index in [4.69, 9.17) is 4.74 Å². The van der Waals surface area contributed by atoms with Crippen LogP contribution in [0.3, 0.4) is 0 Å². The Morgan fingerprint density at radius 1 is 1.08 bits per heavy atom. The lowest BCUT2D eigenvalue weighted by Crippen LogP contribution is -2.51. The van der Waals surface area contributed by atoms with Crippen molar-refractivity contribution in [3.8, 4) is 0 Å². The second kappa shape index (κ2) is 3.25. The molecule has 0 radical (unpaired) electrons. The highest BCUT2D eigenvalue weighted by atomic mass is 16.5. The van der Waals surface area contributed by atoms with Crippen LogP contribution >= 0.6 is 0 Å². The van der Waals surface area contributed by atoms with E-state index in [9.17, 15) is 0 Å². The van der Waals surface area contributed by atoms with Crippen molar-refractivity contribution in [1.29, 1.82) is 0 Å². The maximum Gasteiger partial charge on any atom is 0.0528 e. The van der Waals surface area contributed by atoms with E-state index in [1.807, 2.05) is 0 Å². The molecule has 2 saturated heterocycles. The Morgan fingerprint density at radius 3 is 2.38 bits per heavy atom. The van der Waals surface area contributed by atoms with Crippen LogP contribution in [-0.4, -0.2) is 26.3 Å². The zero-order valence-electron chi connectivity index (χ0n) is 8.86. The first kappa shape index (κ1) is 9.47. The fourth-order valence-electron chi connectivity index (χ4n) is 2.78. The number of hydrogen-bond donors (Lipinski definition) is 1. The van der Waals surface area contributed by atoms with Crippen molar-refractivity contribution >= 4 is 0 Å². The van der Waals surface area contributed by atoms with E-state index >= 15 is 0 Å². The average Bonchev–Trinajstić information content (AvgIpc) is 2.12. The summed E-state index contributed by atoms with van der Waals surface area (Å²) in [6.07, 6.45) is 3.81. The van der Waals surface area contributed by atoms with Gasteiger partial charge >= 0.3 is 0 Å². The fourth-order valence-corrected chi connectivity index (χ4v) is 2.78. The molecule has 2 aliphatic rings. The first-order chi connectivity index (χ1) is 6.16. The molecule has 0 amide bonds. The summed E-state index contributed by atoms with van der Waals surface area (Å²) in [6.45, 7) is 9.13. The molecule has 2 aliphatic heterocycles. The molecule has 0 atom stereocenters. The van der Waals surface area contributed by atoms with Crippen LogP contribution in [0.5, 0.6) is 0 Å². The van der Waals surface area contributed by atoms with Gasteiger partial charge in [-0.05, 0) is 37.8 Å². The SMILES string of the molecule is CC1(C)CCOCC12CCNCC2. The van der Waals surface area contributed by atoms with Crippen LogP contribution in [0, 0.1) is 10.8 Å². The normalized spacial score (nSPS) is 31.8. The molecule has 13 heavy (non-hydrogen) atoms. The van der Waals surface area contributed by atoms with Crippen molar-refractivity contribution in [2.45, 2.75) is 33.1 Å². The second-order valence-corrected chi connectivity index (χ2v) is 5.22. The molecular formula is C11H21NO. The van der Waals surface area contributed by atoms with Crippen LogP contribution in [0.2, 0.25) is 0 Å². The second-order valence-electron chi connectivity index (χ2n) is 5.22. The van der Waals surface area contributed by atoms with Gasteiger partial charge in [0.25, 0.3) is 0 Å². The Labute approximate surface area is 81.0 Å². The topological polar surface area (TPSA) is 21.3 Å². The minimum Gasteiger partial charge on any atom is -0.381 e. The van der Waals surface area contributed by atoms with Gasteiger partial charge in [0, 0.05) is 12.0 Å². The predicted octanol–water partition coefficient (Wildman–Crippen LogP) is 1.80. The van der Waals surface area contributed by atoms with Gasteiger partial charge in [0.2, 0.25) is 0 Å². The Kier molecular flexibility index (Phi) is 2.37. The monoisotopic (exact) mass is 183 g/mol. The van der Waals surface area contributed by atoms with Crippen molar-refractivity contribution in [2.24, 2.45) is 10.8 Å². The third kappa shape index (κ3) is 1.50. The highest BCUT2D eigenvalue weighted by Crippen LogP contribution is 2.50. The molecule has 0 unspecified atom stereocenters. The fraction of sp³-hybridized carbons (Fsp3) is 1.00. The summed E-state index contributed by atoms with van der Waals surface area (Å²) >= 11 is 0. The van der Waals surface area contributed by atoms with Crippen LogP contribution in [0.1, 0.15) is 33.1 Å². The van der Waals surface area contributed by atoms with Crippen LogP contribution in [0.15, 0.2) is 0 Å². The maximum absolute atomic E-state index is 5.67. The van der Waals surface area contributed by atoms with Gasteiger partial charge in [-0.25, -0.2) is 0 Å². The molecule has 0 aromatic carbocycles. The minimum atomic E-state index is 0.469. The van der Waals surface area contributed by atoms with E-state index in [1.165, 1.54) is 32.4 Å². The third-order valence-corrected chi connectivity index (χ3v) is 4.25. The zero-order chi connectivity index (χ0) is 9.36. The van der Waals surface area contributed by atoms with Crippen molar-refractivity contribution in [3.05, 3.63) is 0 Å². The summed E-state index contributed by atoms with van der Waals surface area (Å²) in [5, 5.41) is 3.44. The largest absolute Gasteiger partial charge is 0.381 e. The van der Waals surface area contributed by atoms with E-state index in [-0.39, 0.29) is 0 Å². The van der Waals surface area contributed by atoms with Crippen LogP contribution < -0.4 is 5.32 Å². The van der Waals surface area contributed by atoms with Crippen molar-refractivity contribution in [2.75, 3.05) is 26.3 Å². The van der Waals surface area contributed by atoms with Gasteiger partial charge in [-0.1, -0.05) is 13.8 Å². The van der Waals surface area contributed by atoms with Crippen molar-refractivity contribution in [1.82, 2.24) is 5.32 Å². The molecule has 0 aromatic heterocycles. The van der Waals surface area contributed by atoms with Crippen LogP contribution in [-0.2, 0) is 4.74 Å². The molecular weight excluding hydrogens is 162 g/mol. The van der Waals surface area contributed by atoms with Crippen LogP contribution in [0.4, 0.5) is 0 Å². The van der Waals surface area contributed by atoms with Gasteiger partial charge in [0.1, 0.15) is 0 Å². The number of nitrogens with one attached hydrogen (secondary N) is 1. The quantitative estimate of drug-likeness (QED) is 0.618. The molecule has 76 valence electrons. The Morgan fingerprint density at radius 2 is 1.77 bits per heavy atom. The van der Waals surface area contributed by atoms with Crippen LogP contribution in [0.25, 0.3) is 0 Å². The predicted molar refractivity (Wildman–Crippen MR) is 53.8 cm³/mol. The number of rotatable bonds is 0. The first-order valence-corrected chi connectivity index (χ1v) is 5.45. The highest BCUT2D eigenvalue weighted by Gasteiger charge is 2.47. The molecule has 2 rings (SSSR count). The summed E-state index contributed by atoms with van der Waals surface area (Å²) in [6, 6.07) is 0. The summed E-state index contributed by atoms with van der Waals surface area (Å²) < 4.78 is 5.67. The van der Waals surface area contributed by atoms with Gasteiger partial charge in [0.15, 0.2) is 0 Å². The number of piperidine rings is 1. The Balaban J connectivity index is 2.16. The van der Waals surface area contributed by atoms with E-state index in [0.29, 0.717) is 10.8 Å². The molecule has 0 bridgehead atoms. The molecule has 0 aliphatic carbocycles. The van der Waals surface area contributed by atoms with Gasteiger partial charge in [-0.3, -0.25) is 0 Å².